The number of amides is 1. The van der Waals surface area contributed by atoms with Crippen LogP contribution in [-0.2, 0) is 0 Å². The van der Waals surface area contributed by atoms with Crippen molar-refractivity contribution in [2.75, 3.05) is 17.7 Å². The van der Waals surface area contributed by atoms with Crippen LogP contribution in [0.3, 0.4) is 0 Å². The summed E-state index contributed by atoms with van der Waals surface area (Å²) in [5, 5.41) is 0. The number of aromatic amines is 1. The van der Waals surface area contributed by atoms with E-state index < -0.39 is 0 Å². The van der Waals surface area contributed by atoms with Gasteiger partial charge in [-0.1, -0.05) is 18.2 Å². The third kappa shape index (κ3) is 2.91. The van der Waals surface area contributed by atoms with Crippen LogP contribution < -0.4 is 10.6 Å². The molecule has 0 aliphatic rings. The summed E-state index contributed by atoms with van der Waals surface area (Å²) in [5.41, 5.74) is 10.5. The van der Waals surface area contributed by atoms with Crippen molar-refractivity contribution < 1.29 is 4.79 Å². The lowest BCUT2D eigenvalue weighted by Crippen LogP contribution is -2.26. The summed E-state index contributed by atoms with van der Waals surface area (Å²) in [6.45, 7) is 0. The molecule has 0 unspecified atom stereocenters. The van der Waals surface area contributed by atoms with E-state index in [0.717, 1.165) is 28.1 Å². The van der Waals surface area contributed by atoms with Crippen LogP contribution in [0.2, 0.25) is 0 Å². The Hall–Kier alpha value is -3.60. The van der Waals surface area contributed by atoms with Gasteiger partial charge < -0.3 is 15.6 Å². The number of carbonyl (C=O) groups excluding carboxylic acids is 1. The van der Waals surface area contributed by atoms with E-state index >= 15 is 0 Å². The highest BCUT2D eigenvalue weighted by Gasteiger charge is 2.15. The van der Waals surface area contributed by atoms with Gasteiger partial charge >= 0.3 is 0 Å². The summed E-state index contributed by atoms with van der Waals surface area (Å²) < 4.78 is 0. The highest BCUT2D eigenvalue weighted by atomic mass is 16.2. The highest BCUT2D eigenvalue weighted by Crippen LogP contribution is 2.23. The molecule has 0 saturated heterocycles. The number of H-pyrrole nitrogens is 1. The molecule has 26 heavy (non-hydrogen) atoms. The third-order valence-corrected chi connectivity index (χ3v) is 4.36. The number of benzene rings is 3. The zero-order valence-electron chi connectivity index (χ0n) is 14.3. The highest BCUT2D eigenvalue weighted by molar-refractivity contribution is 6.07. The molecule has 1 aromatic heterocycles. The Bertz CT molecular complexity index is 1070. The molecule has 4 aromatic rings. The van der Waals surface area contributed by atoms with Crippen LogP contribution >= 0.6 is 0 Å². The average Bonchev–Trinajstić information content (AvgIpc) is 3.11. The molecule has 1 heterocycles. The van der Waals surface area contributed by atoms with Gasteiger partial charge in [-0.05, 0) is 54.6 Å². The van der Waals surface area contributed by atoms with Gasteiger partial charge in [-0.3, -0.25) is 4.79 Å². The van der Waals surface area contributed by atoms with E-state index in [4.69, 9.17) is 5.73 Å². The van der Waals surface area contributed by atoms with Crippen LogP contribution in [0.1, 0.15) is 10.4 Å². The number of fused-ring (bicyclic) bond motifs is 1. The second-order valence-electron chi connectivity index (χ2n) is 6.14. The molecule has 0 fully saturated rings. The van der Waals surface area contributed by atoms with E-state index in [9.17, 15) is 4.79 Å². The van der Waals surface area contributed by atoms with Crippen LogP contribution in [0.5, 0.6) is 0 Å². The summed E-state index contributed by atoms with van der Waals surface area (Å²) >= 11 is 0. The molecule has 0 radical (unpaired) electrons. The van der Waals surface area contributed by atoms with Crippen molar-refractivity contribution in [3.05, 3.63) is 78.4 Å². The Morgan fingerprint density at radius 2 is 1.73 bits per heavy atom. The lowest BCUT2D eigenvalue weighted by Gasteiger charge is -2.17. The number of imidazole rings is 1. The molecule has 0 aliphatic heterocycles. The van der Waals surface area contributed by atoms with E-state index in [1.807, 2.05) is 66.7 Å². The zero-order valence-corrected chi connectivity index (χ0v) is 14.3. The first kappa shape index (κ1) is 15.9. The van der Waals surface area contributed by atoms with E-state index in [1.165, 1.54) is 0 Å². The van der Waals surface area contributed by atoms with Crippen molar-refractivity contribution in [3.63, 3.8) is 0 Å². The number of para-hydroxylation sites is 1. The first-order chi connectivity index (χ1) is 12.6. The minimum atomic E-state index is -0.0678. The molecule has 5 nitrogen and oxygen atoms in total. The van der Waals surface area contributed by atoms with Crippen LogP contribution in [0.4, 0.5) is 11.4 Å². The van der Waals surface area contributed by atoms with Gasteiger partial charge in [-0.15, -0.1) is 0 Å². The quantitative estimate of drug-likeness (QED) is 0.551. The minimum Gasteiger partial charge on any atom is -0.399 e. The number of rotatable bonds is 3. The van der Waals surface area contributed by atoms with Crippen molar-refractivity contribution in [1.29, 1.82) is 0 Å². The van der Waals surface area contributed by atoms with Gasteiger partial charge in [0.1, 0.15) is 5.82 Å². The summed E-state index contributed by atoms with van der Waals surface area (Å²) in [5.74, 6) is 0.683. The van der Waals surface area contributed by atoms with Gasteiger partial charge in [0.2, 0.25) is 0 Å². The molecule has 0 spiro atoms. The maximum atomic E-state index is 12.8. The Balaban J connectivity index is 1.67. The number of aromatic nitrogens is 2. The average molecular weight is 342 g/mol. The minimum absolute atomic E-state index is 0.0678. The lowest BCUT2D eigenvalue weighted by atomic mass is 10.1. The van der Waals surface area contributed by atoms with E-state index in [-0.39, 0.29) is 5.91 Å². The smallest absolute Gasteiger partial charge is 0.258 e. The summed E-state index contributed by atoms with van der Waals surface area (Å²) in [7, 11) is 1.77. The van der Waals surface area contributed by atoms with Gasteiger partial charge in [-0.2, -0.15) is 0 Å². The molecule has 0 bridgehead atoms. The molecule has 1 amide bonds. The molecule has 4 rings (SSSR count). The maximum Gasteiger partial charge on any atom is 0.258 e. The number of nitrogens with two attached hydrogens (primary N) is 1. The number of anilines is 2. The molecular formula is C21H18N4O. The second-order valence-corrected chi connectivity index (χ2v) is 6.14. The van der Waals surface area contributed by atoms with Crippen LogP contribution in [-0.4, -0.2) is 22.9 Å². The number of nitrogen functional groups attached to an aromatic ring is 1. The first-order valence-corrected chi connectivity index (χ1v) is 8.30. The standard InChI is InChI=1S/C21H18N4O/c1-25(17-5-3-2-4-6-17)21(26)15-9-12-18-19(13-15)24-20(23-18)14-7-10-16(22)11-8-14/h2-13H,22H2,1H3,(H,23,24). The van der Waals surface area contributed by atoms with Crippen LogP contribution in [0, 0.1) is 0 Å². The van der Waals surface area contributed by atoms with Gasteiger partial charge in [-0.25, -0.2) is 4.98 Å². The first-order valence-electron chi connectivity index (χ1n) is 8.30. The van der Waals surface area contributed by atoms with Crippen LogP contribution in [0.15, 0.2) is 72.8 Å². The Morgan fingerprint density at radius 1 is 1.00 bits per heavy atom. The fraction of sp³-hybridized carbons (Fsp3) is 0.0476. The number of nitrogens with one attached hydrogen (secondary N) is 1. The second kappa shape index (κ2) is 6.37. The SMILES string of the molecule is CN(C(=O)c1ccc2nc(-c3ccc(N)cc3)[nH]c2c1)c1ccccc1. The van der Waals surface area contributed by atoms with Crippen molar-refractivity contribution >= 4 is 28.3 Å². The number of hydrogen-bond donors (Lipinski definition) is 2. The molecular weight excluding hydrogens is 324 g/mol. The van der Waals surface area contributed by atoms with Gasteiger partial charge in [0.05, 0.1) is 11.0 Å². The van der Waals surface area contributed by atoms with Gasteiger partial charge in [0.15, 0.2) is 0 Å². The van der Waals surface area contributed by atoms with Gasteiger partial charge in [0.25, 0.3) is 5.91 Å². The molecule has 0 saturated carbocycles. The molecule has 5 heteroatoms. The molecule has 128 valence electrons. The normalized spacial score (nSPS) is 10.8. The molecule has 0 atom stereocenters. The summed E-state index contributed by atoms with van der Waals surface area (Å²) in [6.07, 6.45) is 0. The van der Waals surface area contributed by atoms with E-state index in [2.05, 4.69) is 9.97 Å². The molecule has 0 aliphatic carbocycles. The van der Waals surface area contributed by atoms with Crippen molar-refractivity contribution in [1.82, 2.24) is 9.97 Å². The summed E-state index contributed by atoms with van der Waals surface area (Å²) in [4.78, 5) is 22.3. The maximum absolute atomic E-state index is 12.8. The van der Waals surface area contributed by atoms with Crippen LogP contribution in [0.25, 0.3) is 22.4 Å². The predicted molar refractivity (Wildman–Crippen MR) is 105 cm³/mol. The topological polar surface area (TPSA) is 75.0 Å². The largest absolute Gasteiger partial charge is 0.399 e. The lowest BCUT2D eigenvalue weighted by molar-refractivity contribution is 0.0993. The van der Waals surface area contributed by atoms with E-state index in [1.54, 1.807) is 18.0 Å². The number of nitrogens with zero attached hydrogens (tertiary/aromatic N) is 2. The molecule has 3 aromatic carbocycles. The summed E-state index contributed by atoms with van der Waals surface area (Å²) in [6, 6.07) is 22.6. The Labute approximate surface area is 151 Å². The van der Waals surface area contributed by atoms with Crippen molar-refractivity contribution in [2.45, 2.75) is 0 Å². The third-order valence-electron chi connectivity index (χ3n) is 4.36. The number of hydrogen-bond acceptors (Lipinski definition) is 3. The zero-order chi connectivity index (χ0) is 18.1. The molecule has 3 N–H and O–H groups in total. The number of carbonyl (C=O) groups is 1. The fourth-order valence-corrected chi connectivity index (χ4v) is 2.88. The predicted octanol–water partition coefficient (Wildman–Crippen LogP) is 4.09. The fourth-order valence-electron chi connectivity index (χ4n) is 2.88. The van der Waals surface area contributed by atoms with Gasteiger partial charge in [0, 0.05) is 29.5 Å². The Kier molecular flexibility index (Phi) is 3.89. The van der Waals surface area contributed by atoms with Crippen molar-refractivity contribution in [3.8, 4) is 11.4 Å². The van der Waals surface area contributed by atoms with Crippen molar-refractivity contribution in [2.24, 2.45) is 0 Å². The monoisotopic (exact) mass is 342 g/mol. The Morgan fingerprint density at radius 3 is 2.46 bits per heavy atom. The van der Waals surface area contributed by atoms with E-state index in [0.29, 0.717) is 11.3 Å².